The highest BCUT2D eigenvalue weighted by molar-refractivity contribution is 7.47. The van der Waals surface area contributed by atoms with Gasteiger partial charge in [0, 0.05) is 25.7 Å². The number of phosphoric acid groups is 2. The molecule has 0 spiro atoms. The summed E-state index contributed by atoms with van der Waals surface area (Å²) in [5.41, 5.74) is 0. The van der Waals surface area contributed by atoms with Crippen LogP contribution in [0.2, 0.25) is 0 Å². The Balaban J connectivity index is 5.22. The van der Waals surface area contributed by atoms with Crippen molar-refractivity contribution in [1.82, 2.24) is 0 Å². The molecule has 0 aliphatic carbocycles. The Morgan fingerprint density at radius 3 is 0.687 bits per heavy atom. The van der Waals surface area contributed by atoms with Gasteiger partial charge in [-0.25, -0.2) is 9.13 Å². The standard InChI is InChI=1S/C80H156O17P2/c1-6-9-12-15-18-21-24-26-28-30-31-32-34-36-38-40-45-50-55-60-65-79(84)96-75(70-91-78(83)64-59-54-49-44-39-37-35-33-29-27-25-22-19-16-13-10-7-2)71-94-98(86,87)92-67-74(81)68-93-99(88,89)95-72-76(69-90-77(82)63-58-53-48-43-23-20-17-14-11-8-3)97-80(85)66-61-56-51-46-41-42-47-52-57-62-73(4)5/h73-76,81H,6-72H2,1-5H3,(H,86,87)(H,88,89)/t74-,75-,76-/m1/s1. The highest BCUT2D eigenvalue weighted by Gasteiger charge is 2.30. The van der Waals surface area contributed by atoms with Gasteiger partial charge in [-0.3, -0.25) is 37.3 Å². The minimum Gasteiger partial charge on any atom is -0.462 e. The zero-order valence-corrected chi connectivity index (χ0v) is 66.4. The molecule has 0 bridgehead atoms. The van der Waals surface area contributed by atoms with E-state index in [2.05, 4.69) is 34.6 Å². The van der Waals surface area contributed by atoms with Crippen LogP contribution in [0.3, 0.4) is 0 Å². The summed E-state index contributed by atoms with van der Waals surface area (Å²) in [7, 11) is -9.91. The molecule has 0 heterocycles. The van der Waals surface area contributed by atoms with Gasteiger partial charge in [0.1, 0.15) is 19.3 Å². The second-order valence-corrected chi connectivity index (χ2v) is 32.2. The molecule has 19 heteroatoms. The highest BCUT2D eigenvalue weighted by Crippen LogP contribution is 2.45. The lowest BCUT2D eigenvalue weighted by atomic mass is 10.0. The fourth-order valence-corrected chi connectivity index (χ4v) is 14.0. The number of carbonyl (C=O) groups excluding carboxylic acids is 4. The minimum absolute atomic E-state index is 0.106. The van der Waals surface area contributed by atoms with Gasteiger partial charge in [-0.1, -0.05) is 375 Å². The van der Waals surface area contributed by atoms with E-state index in [-0.39, 0.29) is 25.7 Å². The third-order valence-electron chi connectivity index (χ3n) is 18.8. The van der Waals surface area contributed by atoms with Crippen LogP contribution in [0.5, 0.6) is 0 Å². The fourth-order valence-electron chi connectivity index (χ4n) is 12.4. The van der Waals surface area contributed by atoms with Crippen LogP contribution in [0.1, 0.15) is 426 Å². The van der Waals surface area contributed by atoms with Crippen molar-refractivity contribution in [2.24, 2.45) is 5.92 Å². The second-order valence-electron chi connectivity index (χ2n) is 29.3. The lowest BCUT2D eigenvalue weighted by Gasteiger charge is -2.21. The van der Waals surface area contributed by atoms with Gasteiger partial charge in [0.25, 0.3) is 0 Å². The summed E-state index contributed by atoms with van der Waals surface area (Å²) in [5, 5.41) is 10.6. The maximum absolute atomic E-state index is 13.1. The van der Waals surface area contributed by atoms with Crippen molar-refractivity contribution in [3.8, 4) is 0 Å². The van der Waals surface area contributed by atoms with Crippen LogP contribution in [0.25, 0.3) is 0 Å². The molecule has 0 aliphatic heterocycles. The largest absolute Gasteiger partial charge is 0.472 e. The monoisotopic (exact) mass is 1450 g/mol. The molecule has 0 radical (unpaired) electrons. The summed E-state index contributed by atoms with van der Waals surface area (Å²) in [4.78, 5) is 72.9. The smallest absolute Gasteiger partial charge is 0.462 e. The van der Waals surface area contributed by atoms with E-state index in [0.29, 0.717) is 25.7 Å². The van der Waals surface area contributed by atoms with E-state index in [4.69, 9.17) is 37.0 Å². The van der Waals surface area contributed by atoms with Crippen molar-refractivity contribution >= 4 is 39.5 Å². The Morgan fingerprint density at radius 1 is 0.273 bits per heavy atom. The summed E-state index contributed by atoms with van der Waals surface area (Å²) in [5.74, 6) is -1.37. The number of hydrogen-bond donors (Lipinski definition) is 3. The average molecular weight is 1450 g/mol. The third-order valence-corrected chi connectivity index (χ3v) is 20.7. The first-order valence-corrected chi connectivity index (χ1v) is 44.6. The summed E-state index contributed by atoms with van der Waals surface area (Å²) in [6.07, 6.45) is 63.9. The first kappa shape index (κ1) is 97.1. The molecule has 5 atom stereocenters. The van der Waals surface area contributed by atoms with E-state index in [1.165, 1.54) is 250 Å². The van der Waals surface area contributed by atoms with Crippen LogP contribution in [-0.2, 0) is 65.4 Å². The molecule has 99 heavy (non-hydrogen) atoms. The molecule has 0 aromatic heterocycles. The zero-order valence-electron chi connectivity index (χ0n) is 64.6. The van der Waals surface area contributed by atoms with Gasteiger partial charge in [-0.2, -0.15) is 0 Å². The maximum atomic E-state index is 13.1. The number of rotatable bonds is 80. The number of hydrogen-bond acceptors (Lipinski definition) is 15. The second kappa shape index (κ2) is 73.0. The molecule has 0 fully saturated rings. The number of aliphatic hydroxyl groups excluding tert-OH is 1. The summed E-state index contributed by atoms with van der Waals surface area (Å²) in [6, 6.07) is 0. The molecular weight excluding hydrogens is 1290 g/mol. The van der Waals surface area contributed by atoms with Gasteiger partial charge in [0.05, 0.1) is 26.4 Å². The highest BCUT2D eigenvalue weighted by atomic mass is 31.2. The van der Waals surface area contributed by atoms with Crippen molar-refractivity contribution < 1.29 is 80.2 Å². The minimum atomic E-state index is -4.96. The molecule has 0 aliphatic rings. The quantitative estimate of drug-likeness (QED) is 0.0222. The first-order chi connectivity index (χ1) is 48.0. The Labute approximate surface area is 607 Å². The van der Waals surface area contributed by atoms with E-state index in [1.807, 2.05) is 0 Å². The first-order valence-electron chi connectivity index (χ1n) is 41.6. The zero-order chi connectivity index (χ0) is 72.7. The van der Waals surface area contributed by atoms with Crippen LogP contribution >= 0.6 is 15.6 Å². The number of aliphatic hydroxyl groups is 1. The van der Waals surface area contributed by atoms with E-state index < -0.39 is 97.5 Å². The molecule has 17 nitrogen and oxygen atoms in total. The van der Waals surface area contributed by atoms with Gasteiger partial charge in [-0.05, 0) is 31.6 Å². The van der Waals surface area contributed by atoms with E-state index >= 15 is 0 Å². The van der Waals surface area contributed by atoms with E-state index in [1.54, 1.807) is 0 Å². The molecular formula is C80H156O17P2. The molecule has 0 saturated carbocycles. The lowest BCUT2D eigenvalue weighted by molar-refractivity contribution is -0.161. The summed E-state index contributed by atoms with van der Waals surface area (Å²) in [6.45, 7) is 7.29. The van der Waals surface area contributed by atoms with Crippen molar-refractivity contribution in [2.75, 3.05) is 39.6 Å². The Morgan fingerprint density at radius 2 is 0.465 bits per heavy atom. The van der Waals surface area contributed by atoms with Crippen LogP contribution in [0.4, 0.5) is 0 Å². The average Bonchev–Trinajstić information content (AvgIpc) is 1.07. The number of unbranched alkanes of at least 4 members (excludes halogenated alkanes) is 52. The number of carbonyl (C=O) groups is 4. The van der Waals surface area contributed by atoms with Crippen LogP contribution in [0, 0.1) is 5.92 Å². The topological polar surface area (TPSA) is 237 Å². The molecule has 0 aromatic rings. The fraction of sp³-hybridized carbons (Fsp3) is 0.950. The summed E-state index contributed by atoms with van der Waals surface area (Å²) < 4.78 is 68.6. The van der Waals surface area contributed by atoms with Gasteiger partial charge in [0.2, 0.25) is 0 Å². The van der Waals surface area contributed by atoms with Crippen LogP contribution in [0.15, 0.2) is 0 Å². The van der Waals surface area contributed by atoms with Crippen LogP contribution < -0.4 is 0 Å². The normalized spacial score (nSPS) is 13.9. The summed E-state index contributed by atoms with van der Waals surface area (Å²) >= 11 is 0. The Bertz CT molecular complexity index is 1890. The van der Waals surface area contributed by atoms with E-state index in [0.717, 1.165) is 95.8 Å². The van der Waals surface area contributed by atoms with Crippen molar-refractivity contribution in [1.29, 1.82) is 0 Å². The SMILES string of the molecule is CCCCCCCCCCCCCCCCCCCCCCC(=O)O[C@H](COC(=O)CCCCCCCCCCCCCCCCCCC)COP(=O)(O)OC[C@@H](O)COP(=O)(O)OC[C@@H](COC(=O)CCCCCCCCCCCC)OC(=O)CCCCCCCCCCCC(C)C. The molecule has 588 valence electrons. The van der Waals surface area contributed by atoms with Gasteiger partial charge < -0.3 is 33.8 Å². The molecule has 3 N–H and O–H groups in total. The molecule has 0 saturated heterocycles. The van der Waals surface area contributed by atoms with E-state index in [9.17, 15) is 43.2 Å². The predicted octanol–water partition coefficient (Wildman–Crippen LogP) is 24.0. The Hall–Kier alpha value is -1.94. The molecule has 0 amide bonds. The van der Waals surface area contributed by atoms with Gasteiger partial charge in [0.15, 0.2) is 12.2 Å². The lowest BCUT2D eigenvalue weighted by Crippen LogP contribution is -2.30. The van der Waals surface area contributed by atoms with Crippen molar-refractivity contribution in [3.05, 3.63) is 0 Å². The van der Waals surface area contributed by atoms with Gasteiger partial charge in [-0.15, -0.1) is 0 Å². The third kappa shape index (κ3) is 74.1. The molecule has 0 aromatic carbocycles. The van der Waals surface area contributed by atoms with Crippen molar-refractivity contribution in [2.45, 2.75) is 445 Å². The number of phosphoric ester groups is 2. The molecule has 0 rings (SSSR count). The Kier molecular flexibility index (Phi) is 71.6. The van der Waals surface area contributed by atoms with Gasteiger partial charge >= 0.3 is 39.5 Å². The number of esters is 4. The van der Waals surface area contributed by atoms with Crippen LogP contribution in [-0.4, -0.2) is 96.7 Å². The van der Waals surface area contributed by atoms with Crippen molar-refractivity contribution in [3.63, 3.8) is 0 Å². The molecule has 2 unspecified atom stereocenters. The predicted molar refractivity (Wildman–Crippen MR) is 405 cm³/mol. The maximum Gasteiger partial charge on any atom is 0.472 e. The number of ether oxygens (including phenoxy) is 4.